The first kappa shape index (κ1) is 19.0. The number of hydrogen-bond acceptors (Lipinski definition) is 5. The van der Waals surface area contributed by atoms with E-state index in [2.05, 4.69) is 9.88 Å². The molecule has 1 atom stereocenters. The number of rotatable bonds is 5. The molecular formula is C20H24N4O3S. The van der Waals surface area contributed by atoms with Crippen molar-refractivity contribution in [1.29, 1.82) is 0 Å². The third-order valence-corrected chi connectivity index (χ3v) is 6.49. The van der Waals surface area contributed by atoms with Crippen LogP contribution in [0, 0.1) is 5.92 Å². The molecule has 2 aromatic rings. The third kappa shape index (κ3) is 4.09. The average molecular weight is 401 g/mol. The number of hydrogen-bond donors (Lipinski definition) is 1. The molecule has 0 bridgehead atoms. The fourth-order valence-corrected chi connectivity index (χ4v) is 4.73. The number of likely N-dealkylation sites (tertiary alicyclic amines) is 1. The molecule has 28 heavy (non-hydrogen) atoms. The van der Waals surface area contributed by atoms with E-state index in [1.807, 2.05) is 24.5 Å². The van der Waals surface area contributed by atoms with Gasteiger partial charge in [0.05, 0.1) is 11.4 Å². The van der Waals surface area contributed by atoms with Crippen LogP contribution in [-0.2, 0) is 27.7 Å². The summed E-state index contributed by atoms with van der Waals surface area (Å²) in [6.07, 6.45) is 6.38. The Morgan fingerprint density at radius 2 is 1.96 bits per heavy atom. The molecule has 1 fully saturated rings. The van der Waals surface area contributed by atoms with Gasteiger partial charge in [-0.3, -0.25) is 14.7 Å². The van der Waals surface area contributed by atoms with Crippen molar-refractivity contribution in [1.82, 2.24) is 9.88 Å². The van der Waals surface area contributed by atoms with E-state index in [-0.39, 0.29) is 10.8 Å². The first-order valence-electron chi connectivity index (χ1n) is 9.47. The van der Waals surface area contributed by atoms with Crippen molar-refractivity contribution in [2.75, 3.05) is 31.1 Å². The average Bonchev–Trinajstić information content (AvgIpc) is 3.28. The van der Waals surface area contributed by atoms with Crippen LogP contribution in [0.2, 0.25) is 0 Å². The molecule has 148 valence electrons. The summed E-state index contributed by atoms with van der Waals surface area (Å²) in [7, 11) is -3.73. The number of carbonyl (C=O) groups is 1. The number of carbonyl (C=O) groups excluding carboxylic acids is 1. The predicted octanol–water partition coefficient (Wildman–Crippen LogP) is 1.18. The Morgan fingerprint density at radius 3 is 2.71 bits per heavy atom. The lowest BCUT2D eigenvalue weighted by Crippen LogP contribution is -2.38. The van der Waals surface area contributed by atoms with Crippen LogP contribution in [0.15, 0.2) is 47.6 Å². The van der Waals surface area contributed by atoms with Crippen LogP contribution in [0.4, 0.5) is 5.69 Å². The van der Waals surface area contributed by atoms with E-state index in [9.17, 15) is 13.2 Å². The number of nitrogens with two attached hydrogens (primary N) is 1. The van der Waals surface area contributed by atoms with Crippen LogP contribution in [-0.4, -0.2) is 50.4 Å². The highest BCUT2D eigenvalue weighted by Gasteiger charge is 2.29. The molecule has 0 unspecified atom stereocenters. The minimum atomic E-state index is -3.73. The Bertz CT molecular complexity index is 978. The second-order valence-corrected chi connectivity index (χ2v) is 9.14. The molecule has 0 spiro atoms. The van der Waals surface area contributed by atoms with Crippen LogP contribution in [0.5, 0.6) is 0 Å². The summed E-state index contributed by atoms with van der Waals surface area (Å²) in [6.45, 7) is 2.81. The van der Waals surface area contributed by atoms with Gasteiger partial charge in [0.1, 0.15) is 0 Å². The monoisotopic (exact) mass is 400 g/mol. The normalized spacial score (nSPS) is 19.8. The number of aromatic nitrogens is 1. The van der Waals surface area contributed by atoms with E-state index in [0.717, 1.165) is 37.2 Å². The van der Waals surface area contributed by atoms with Gasteiger partial charge < -0.3 is 4.90 Å². The fourth-order valence-electron chi connectivity index (χ4n) is 4.17. The van der Waals surface area contributed by atoms with Crippen LogP contribution in [0.3, 0.4) is 0 Å². The number of anilines is 1. The lowest BCUT2D eigenvalue weighted by atomic mass is 10.00. The van der Waals surface area contributed by atoms with Crippen molar-refractivity contribution in [3.63, 3.8) is 0 Å². The molecular weight excluding hydrogens is 376 g/mol. The molecule has 8 heteroatoms. The van der Waals surface area contributed by atoms with Crippen LogP contribution >= 0.6 is 0 Å². The second kappa shape index (κ2) is 7.62. The number of amides is 1. The molecule has 3 heterocycles. The number of benzene rings is 1. The van der Waals surface area contributed by atoms with Crippen molar-refractivity contribution >= 4 is 21.6 Å². The number of pyridine rings is 1. The molecule has 7 nitrogen and oxygen atoms in total. The van der Waals surface area contributed by atoms with Crippen molar-refractivity contribution in [2.24, 2.45) is 11.1 Å². The molecule has 2 N–H and O–H groups in total. The Labute approximate surface area is 165 Å². The van der Waals surface area contributed by atoms with Crippen molar-refractivity contribution in [3.05, 3.63) is 53.9 Å². The molecule has 1 saturated heterocycles. The SMILES string of the molecule is NS(=O)(=O)c1ccc2c(c1)CCN2C(=O)CN1CC[C@@H](Cc2ccncc2)C1. The van der Waals surface area contributed by atoms with Crippen LogP contribution in [0.25, 0.3) is 0 Å². The first-order chi connectivity index (χ1) is 13.4. The van der Waals surface area contributed by atoms with Gasteiger partial charge in [-0.1, -0.05) is 0 Å². The summed E-state index contributed by atoms with van der Waals surface area (Å²) in [5.74, 6) is 0.616. The number of primary sulfonamides is 1. The van der Waals surface area contributed by atoms with E-state index in [4.69, 9.17) is 5.14 Å². The van der Waals surface area contributed by atoms with Gasteiger partial charge in [0.15, 0.2) is 0 Å². The third-order valence-electron chi connectivity index (χ3n) is 5.58. The first-order valence-corrected chi connectivity index (χ1v) is 11.0. The van der Waals surface area contributed by atoms with E-state index in [0.29, 0.717) is 25.4 Å². The Morgan fingerprint density at radius 1 is 1.18 bits per heavy atom. The van der Waals surface area contributed by atoms with Gasteiger partial charge >= 0.3 is 0 Å². The van der Waals surface area contributed by atoms with Crippen molar-refractivity contribution < 1.29 is 13.2 Å². The van der Waals surface area contributed by atoms with Crippen molar-refractivity contribution in [3.8, 4) is 0 Å². The highest BCUT2D eigenvalue weighted by atomic mass is 32.2. The zero-order valence-electron chi connectivity index (χ0n) is 15.6. The minimum Gasteiger partial charge on any atom is -0.311 e. The highest BCUT2D eigenvalue weighted by Crippen LogP contribution is 2.30. The summed E-state index contributed by atoms with van der Waals surface area (Å²) in [5, 5.41) is 5.20. The topological polar surface area (TPSA) is 96.6 Å². The predicted molar refractivity (Wildman–Crippen MR) is 106 cm³/mol. The van der Waals surface area contributed by atoms with E-state index in [1.54, 1.807) is 17.0 Å². The molecule has 1 amide bonds. The van der Waals surface area contributed by atoms with Crippen LogP contribution in [0.1, 0.15) is 17.5 Å². The van der Waals surface area contributed by atoms with Gasteiger partial charge in [0.25, 0.3) is 0 Å². The molecule has 0 radical (unpaired) electrons. The molecule has 2 aliphatic heterocycles. The van der Waals surface area contributed by atoms with Gasteiger partial charge in [0.2, 0.25) is 15.9 Å². The quantitative estimate of drug-likeness (QED) is 0.813. The van der Waals surface area contributed by atoms with Gasteiger partial charge in [-0.25, -0.2) is 13.6 Å². The number of sulfonamides is 1. The van der Waals surface area contributed by atoms with Gasteiger partial charge in [-0.05, 0) is 73.2 Å². The molecule has 1 aromatic heterocycles. The minimum absolute atomic E-state index is 0.0617. The zero-order chi connectivity index (χ0) is 19.7. The molecule has 0 saturated carbocycles. The second-order valence-electron chi connectivity index (χ2n) is 7.58. The summed E-state index contributed by atoms with van der Waals surface area (Å²) < 4.78 is 23.1. The highest BCUT2D eigenvalue weighted by molar-refractivity contribution is 7.89. The Hall–Kier alpha value is -2.29. The summed E-state index contributed by atoms with van der Waals surface area (Å²) in [5.41, 5.74) is 2.94. The molecule has 2 aliphatic rings. The zero-order valence-corrected chi connectivity index (χ0v) is 16.4. The summed E-state index contributed by atoms with van der Waals surface area (Å²) in [6, 6.07) is 8.84. The van der Waals surface area contributed by atoms with Crippen LogP contribution < -0.4 is 10.0 Å². The summed E-state index contributed by atoms with van der Waals surface area (Å²) in [4.78, 5) is 21.0. The number of fused-ring (bicyclic) bond motifs is 1. The Balaban J connectivity index is 1.37. The summed E-state index contributed by atoms with van der Waals surface area (Å²) >= 11 is 0. The fraction of sp³-hybridized carbons (Fsp3) is 0.400. The largest absolute Gasteiger partial charge is 0.311 e. The maximum absolute atomic E-state index is 12.8. The lowest BCUT2D eigenvalue weighted by molar-refractivity contribution is -0.119. The number of nitrogens with zero attached hydrogens (tertiary/aromatic N) is 3. The smallest absolute Gasteiger partial charge is 0.241 e. The van der Waals surface area contributed by atoms with E-state index < -0.39 is 10.0 Å². The maximum atomic E-state index is 12.8. The van der Waals surface area contributed by atoms with Crippen molar-refractivity contribution in [2.45, 2.75) is 24.2 Å². The lowest BCUT2D eigenvalue weighted by Gasteiger charge is -2.22. The van der Waals surface area contributed by atoms with E-state index in [1.165, 1.54) is 11.6 Å². The van der Waals surface area contributed by atoms with Gasteiger partial charge in [0, 0.05) is 31.2 Å². The van der Waals surface area contributed by atoms with Gasteiger partial charge in [-0.2, -0.15) is 0 Å². The van der Waals surface area contributed by atoms with Gasteiger partial charge in [-0.15, -0.1) is 0 Å². The molecule has 4 rings (SSSR count). The van der Waals surface area contributed by atoms with E-state index >= 15 is 0 Å². The molecule has 0 aliphatic carbocycles. The maximum Gasteiger partial charge on any atom is 0.241 e. The Kier molecular flexibility index (Phi) is 5.18. The molecule has 1 aromatic carbocycles. The standard InChI is InChI=1S/C20H24N4O3S/c21-28(26,27)18-1-2-19-17(12-18)6-10-24(19)20(25)14-23-9-5-16(13-23)11-15-3-7-22-8-4-15/h1-4,7-8,12,16H,5-6,9-11,13-14H2,(H2,21,26,27)/t16-/m0/s1.